The Morgan fingerprint density at radius 1 is 1.22 bits per heavy atom. The number of nitrogens with one attached hydrogen (secondary N) is 2. The molecule has 0 saturated carbocycles. The molecule has 0 aliphatic heterocycles. The first-order valence-electron chi connectivity index (χ1n) is 8.28. The van der Waals surface area contributed by atoms with Crippen molar-refractivity contribution in [3.8, 4) is 16.3 Å². The fraction of sp³-hybridized carbons (Fsp3) is 0.0500. The molecular formula is C20H16N4O2S. The van der Waals surface area contributed by atoms with Crippen molar-refractivity contribution in [1.82, 2.24) is 15.6 Å². The number of aromatic hydroxyl groups is 1. The Kier molecular flexibility index (Phi) is 4.43. The first kappa shape index (κ1) is 17.0. The van der Waals surface area contributed by atoms with E-state index in [1.54, 1.807) is 23.5 Å². The first-order chi connectivity index (χ1) is 13.1. The molecule has 0 saturated heterocycles. The fourth-order valence-corrected chi connectivity index (χ4v) is 3.61. The third-order valence-electron chi connectivity index (χ3n) is 4.12. The third kappa shape index (κ3) is 3.45. The normalized spacial score (nSPS) is 11.3. The number of amides is 1. The Hall–Kier alpha value is -3.45. The molecule has 6 nitrogen and oxygen atoms in total. The quantitative estimate of drug-likeness (QED) is 0.370. The van der Waals surface area contributed by atoms with Crippen LogP contribution in [0.1, 0.15) is 20.9 Å². The van der Waals surface area contributed by atoms with Gasteiger partial charge in [0.1, 0.15) is 5.75 Å². The van der Waals surface area contributed by atoms with Crippen molar-refractivity contribution in [2.75, 3.05) is 0 Å². The number of nitrogens with zero attached hydrogens (tertiary/aromatic N) is 2. The van der Waals surface area contributed by atoms with E-state index in [0.717, 1.165) is 21.3 Å². The lowest BCUT2D eigenvalue weighted by atomic mass is 10.0. The van der Waals surface area contributed by atoms with Crippen molar-refractivity contribution >= 4 is 34.2 Å². The number of hydrogen-bond acceptors (Lipinski definition) is 5. The van der Waals surface area contributed by atoms with Crippen molar-refractivity contribution in [2.45, 2.75) is 6.92 Å². The summed E-state index contributed by atoms with van der Waals surface area (Å²) in [5, 5.41) is 22.8. The molecule has 4 rings (SSSR count). The minimum Gasteiger partial charge on any atom is -0.507 e. The van der Waals surface area contributed by atoms with Gasteiger partial charge in [-0.3, -0.25) is 9.89 Å². The van der Waals surface area contributed by atoms with E-state index in [9.17, 15) is 9.90 Å². The average molecular weight is 376 g/mol. The van der Waals surface area contributed by atoms with E-state index in [1.807, 2.05) is 49.4 Å². The van der Waals surface area contributed by atoms with E-state index in [-0.39, 0.29) is 11.4 Å². The number of benzene rings is 2. The molecule has 0 radical (unpaired) electrons. The number of H-pyrrole nitrogens is 1. The number of aryl methyl sites for hydroxylation is 1. The minimum atomic E-state index is -0.429. The first-order valence-corrected chi connectivity index (χ1v) is 9.10. The molecule has 0 bridgehead atoms. The van der Waals surface area contributed by atoms with Gasteiger partial charge in [-0.1, -0.05) is 30.3 Å². The zero-order valence-electron chi connectivity index (χ0n) is 14.4. The lowest BCUT2D eigenvalue weighted by Crippen LogP contribution is -2.18. The molecule has 3 N–H and O–H groups in total. The molecular weight excluding hydrogens is 360 g/mol. The molecule has 0 aliphatic carbocycles. The molecule has 2 aromatic carbocycles. The zero-order valence-corrected chi connectivity index (χ0v) is 15.2. The Bertz CT molecular complexity index is 1160. The number of fused-ring (bicyclic) bond motifs is 1. The van der Waals surface area contributed by atoms with Gasteiger partial charge in [0, 0.05) is 10.4 Å². The number of aromatic nitrogens is 2. The van der Waals surface area contributed by atoms with E-state index in [1.165, 1.54) is 11.1 Å². The van der Waals surface area contributed by atoms with Crippen LogP contribution in [0.15, 0.2) is 59.7 Å². The molecule has 4 aromatic rings. The Labute approximate surface area is 159 Å². The third-order valence-corrected chi connectivity index (χ3v) is 5.16. The molecule has 0 atom stereocenters. The van der Waals surface area contributed by atoms with Gasteiger partial charge in [-0.25, -0.2) is 5.43 Å². The van der Waals surface area contributed by atoms with Gasteiger partial charge in [0.25, 0.3) is 5.91 Å². The van der Waals surface area contributed by atoms with Crippen LogP contribution >= 0.6 is 11.3 Å². The molecule has 0 spiro atoms. The highest BCUT2D eigenvalue weighted by atomic mass is 32.1. The summed E-state index contributed by atoms with van der Waals surface area (Å²) < 4.78 is 0. The maximum absolute atomic E-state index is 12.3. The highest BCUT2D eigenvalue weighted by molar-refractivity contribution is 7.15. The number of carbonyl (C=O) groups excluding carboxylic acids is 1. The van der Waals surface area contributed by atoms with Gasteiger partial charge in [0.2, 0.25) is 0 Å². The number of aromatic amines is 1. The van der Waals surface area contributed by atoms with E-state index < -0.39 is 5.91 Å². The van der Waals surface area contributed by atoms with Gasteiger partial charge in [-0.05, 0) is 42.0 Å². The predicted molar refractivity (Wildman–Crippen MR) is 107 cm³/mol. The van der Waals surface area contributed by atoms with Crippen LogP contribution in [-0.4, -0.2) is 27.4 Å². The van der Waals surface area contributed by atoms with Crippen LogP contribution < -0.4 is 5.43 Å². The number of phenolic OH excluding ortho intramolecular Hbond substituents is 1. The summed E-state index contributed by atoms with van der Waals surface area (Å²) in [6.45, 7) is 2.02. The van der Waals surface area contributed by atoms with Crippen molar-refractivity contribution in [3.05, 3.63) is 70.7 Å². The molecule has 0 aliphatic rings. The molecule has 0 fully saturated rings. The van der Waals surface area contributed by atoms with Gasteiger partial charge in [-0.15, -0.1) is 11.3 Å². The summed E-state index contributed by atoms with van der Waals surface area (Å²) >= 11 is 1.62. The van der Waals surface area contributed by atoms with Crippen LogP contribution in [0.2, 0.25) is 0 Å². The maximum Gasteiger partial charge on any atom is 0.291 e. The summed E-state index contributed by atoms with van der Waals surface area (Å²) in [6, 6.07) is 16.8. The molecule has 2 heterocycles. The molecule has 134 valence electrons. The van der Waals surface area contributed by atoms with Crippen molar-refractivity contribution in [2.24, 2.45) is 5.10 Å². The van der Waals surface area contributed by atoms with E-state index in [0.29, 0.717) is 5.56 Å². The summed E-state index contributed by atoms with van der Waals surface area (Å²) in [5.74, 6) is -0.330. The Balaban J connectivity index is 1.52. The molecule has 1 amide bonds. The monoisotopic (exact) mass is 376 g/mol. The van der Waals surface area contributed by atoms with Gasteiger partial charge in [-0.2, -0.15) is 10.2 Å². The number of carbonyl (C=O) groups is 1. The van der Waals surface area contributed by atoms with Crippen LogP contribution in [0.3, 0.4) is 0 Å². The largest absolute Gasteiger partial charge is 0.507 e. The fourth-order valence-electron chi connectivity index (χ4n) is 2.78. The van der Waals surface area contributed by atoms with Crippen molar-refractivity contribution in [1.29, 1.82) is 0 Å². The van der Waals surface area contributed by atoms with Crippen molar-refractivity contribution < 1.29 is 9.90 Å². The highest BCUT2D eigenvalue weighted by Gasteiger charge is 2.12. The maximum atomic E-state index is 12.3. The summed E-state index contributed by atoms with van der Waals surface area (Å²) in [4.78, 5) is 14.5. The molecule has 0 unspecified atom stereocenters. The van der Waals surface area contributed by atoms with Crippen LogP contribution in [-0.2, 0) is 0 Å². The average Bonchev–Trinajstić information content (AvgIpc) is 3.32. The zero-order chi connectivity index (χ0) is 18.8. The Morgan fingerprint density at radius 2 is 2.07 bits per heavy atom. The van der Waals surface area contributed by atoms with Crippen LogP contribution in [0.25, 0.3) is 21.3 Å². The second-order valence-corrected chi connectivity index (χ2v) is 7.28. The number of hydrazone groups is 1. The van der Waals surface area contributed by atoms with E-state index in [4.69, 9.17) is 0 Å². The van der Waals surface area contributed by atoms with Crippen LogP contribution in [0, 0.1) is 6.92 Å². The minimum absolute atomic E-state index is 0.0989. The SMILES string of the molecule is Cc1ccc(-c2cc(C(=O)N/N=C/c3c(O)ccc4ccccc34)n[nH]2)s1. The number of phenols is 1. The number of rotatable bonds is 4. The van der Waals surface area contributed by atoms with Crippen LogP contribution in [0.4, 0.5) is 0 Å². The summed E-state index contributed by atoms with van der Waals surface area (Å²) in [7, 11) is 0. The second-order valence-electron chi connectivity index (χ2n) is 6.00. The lowest BCUT2D eigenvalue weighted by molar-refractivity contribution is 0.0950. The van der Waals surface area contributed by atoms with E-state index >= 15 is 0 Å². The molecule has 2 aromatic heterocycles. The summed E-state index contributed by atoms with van der Waals surface area (Å²) in [6.07, 6.45) is 1.44. The summed E-state index contributed by atoms with van der Waals surface area (Å²) in [5.41, 5.74) is 4.03. The topological polar surface area (TPSA) is 90.4 Å². The Morgan fingerprint density at radius 3 is 2.89 bits per heavy atom. The van der Waals surface area contributed by atoms with Gasteiger partial charge in [0.15, 0.2) is 5.69 Å². The second kappa shape index (κ2) is 7.05. The molecule has 27 heavy (non-hydrogen) atoms. The van der Waals surface area contributed by atoms with E-state index in [2.05, 4.69) is 20.7 Å². The van der Waals surface area contributed by atoms with Gasteiger partial charge in [0.05, 0.1) is 16.8 Å². The van der Waals surface area contributed by atoms with Crippen LogP contribution in [0.5, 0.6) is 5.75 Å². The standard InChI is InChI=1S/C20H16N4O2S/c1-12-6-9-19(27-12)16-10-17(23-22-16)20(26)24-21-11-15-14-5-3-2-4-13(14)7-8-18(15)25/h2-11,25H,1H3,(H,22,23)(H,24,26)/b21-11+. The van der Waals surface area contributed by atoms with Gasteiger partial charge < -0.3 is 5.11 Å². The lowest BCUT2D eigenvalue weighted by Gasteiger charge is -2.04. The smallest absolute Gasteiger partial charge is 0.291 e. The van der Waals surface area contributed by atoms with Gasteiger partial charge >= 0.3 is 0 Å². The number of hydrogen-bond donors (Lipinski definition) is 3. The number of thiophene rings is 1. The van der Waals surface area contributed by atoms with Crippen molar-refractivity contribution in [3.63, 3.8) is 0 Å². The molecule has 7 heteroatoms. The predicted octanol–water partition coefficient (Wildman–Crippen LogP) is 4.07. The highest BCUT2D eigenvalue weighted by Crippen LogP contribution is 2.27.